The van der Waals surface area contributed by atoms with E-state index in [-0.39, 0.29) is 5.11 Å². The Kier molecular flexibility index (Phi) is 7.05. The van der Waals surface area contributed by atoms with Crippen molar-refractivity contribution in [3.8, 4) is 5.75 Å². The highest BCUT2D eigenvalue weighted by atomic mass is 32.1. The number of benzene rings is 1. The number of thiocarbonyl (C=S) groups is 2. The molecule has 0 bridgehead atoms. The fourth-order valence-corrected chi connectivity index (χ4v) is 2.04. The maximum absolute atomic E-state index is 5.19. The molecule has 0 saturated heterocycles. The van der Waals surface area contributed by atoms with Gasteiger partial charge in [-0.05, 0) is 55.6 Å². The fourth-order valence-electron chi connectivity index (χ4n) is 1.77. The molecule has 1 aromatic carbocycles. The first-order valence-electron chi connectivity index (χ1n) is 7.31. The van der Waals surface area contributed by atoms with Gasteiger partial charge >= 0.3 is 0 Å². The molecule has 0 aliphatic rings. The number of hydrogen-bond donors (Lipinski definition) is 4. The highest BCUT2D eigenvalue weighted by molar-refractivity contribution is 7.80. The largest absolute Gasteiger partial charge is 0.497 e. The Morgan fingerprint density at radius 1 is 1.08 bits per heavy atom. The van der Waals surface area contributed by atoms with Crippen LogP contribution >= 0.6 is 24.4 Å². The number of aromatic nitrogens is 1. The first-order chi connectivity index (χ1) is 12.1. The number of pyridine rings is 1. The van der Waals surface area contributed by atoms with Crippen LogP contribution in [0.15, 0.2) is 53.8 Å². The summed E-state index contributed by atoms with van der Waals surface area (Å²) in [7, 11) is 1.61. The maximum Gasteiger partial charge on any atom is 0.205 e. The van der Waals surface area contributed by atoms with Crippen molar-refractivity contribution in [3.63, 3.8) is 0 Å². The Bertz CT molecular complexity index is 766. The number of nitrogens with one attached hydrogen (secondary N) is 4. The van der Waals surface area contributed by atoms with Crippen LogP contribution in [-0.2, 0) is 0 Å². The van der Waals surface area contributed by atoms with Gasteiger partial charge in [0.05, 0.1) is 18.5 Å². The zero-order valence-corrected chi connectivity index (χ0v) is 15.4. The standard InChI is InChI=1S/C16H18N6OS2/c1-11(14-8-3-4-9-17-14)19-21-16(25)22-20-15(24)18-12-6-5-7-13(10-12)23-2/h3-10H,1-2H3,(H2,18,20,24)(H2,21,22,25)/b19-11+. The predicted molar refractivity (Wildman–Crippen MR) is 108 cm³/mol. The van der Waals surface area contributed by atoms with Gasteiger partial charge in [0.2, 0.25) is 5.11 Å². The number of rotatable bonds is 4. The molecular weight excluding hydrogens is 356 g/mol. The summed E-state index contributed by atoms with van der Waals surface area (Å²) in [6.07, 6.45) is 1.70. The van der Waals surface area contributed by atoms with Crippen LogP contribution in [0.4, 0.5) is 5.69 Å². The van der Waals surface area contributed by atoms with Gasteiger partial charge in [0, 0.05) is 18.0 Å². The van der Waals surface area contributed by atoms with E-state index in [9.17, 15) is 0 Å². The van der Waals surface area contributed by atoms with E-state index < -0.39 is 0 Å². The van der Waals surface area contributed by atoms with Gasteiger partial charge in [-0.3, -0.25) is 21.3 Å². The van der Waals surface area contributed by atoms with Crippen LogP contribution in [0.2, 0.25) is 0 Å². The van der Waals surface area contributed by atoms with Crippen molar-refractivity contribution in [3.05, 3.63) is 54.4 Å². The molecule has 0 saturated carbocycles. The lowest BCUT2D eigenvalue weighted by atomic mass is 10.3. The summed E-state index contributed by atoms with van der Waals surface area (Å²) in [5, 5.41) is 7.78. The van der Waals surface area contributed by atoms with Crippen LogP contribution in [0.5, 0.6) is 5.75 Å². The lowest BCUT2D eigenvalue weighted by Crippen LogP contribution is -2.47. The van der Waals surface area contributed by atoms with Crippen LogP contribution < -0.4 is 26.3 Å². The van der Waals surface area contributed by atoms with E-state index in [1.54, 1.807) is 13.3 Å². The second-order valence-electron chi connectivity index (χ2n) is 4.79. The number of nitrogens with zero attached hydrogens (tertiary/aromatic N) is 2. The summed E-state index contributed by atoms with van der Waals surface area (Å²) in [6.45, 7) is 1.83. The summed E-state index contributed by atoms with van der Waals surface area (Å²) in [4.78, 5) is 4.20. The molecule has 1 heterocycles. The lowest BCUT2D eigenvalue weighted by molar-refractivity contribution is 0.415. The Labute approximate surface area is 156 Å². The summed E-state index contributed by atoms with van der Waals surface area (Å²) in [5.74, 6) is 0.734. The van der Waals surface area contributed by atoms with Crippen LogP contribution in [-0.4, -0.2) is 28.0 Å². The number of hydrazine groups is 1. The first kappa shape index (κ1) is 18.6. The van der Waals surface area contributed by atoms with Crippen molar-refractivity contribution in [1.82, 2.24) is 21.3 Å². The molecule has 25 heavy (non-hydrogen) atoms. The van der Waals surface area contributed by atoms with E-state index in [0.717, 1.165) is 17.1 Å². The molecule has 0 aliphatic heterocycles. The third-order valence-corrected chi connectivity index (χ3v) is 3.38. The van der Waals surface area contributed by atoms with Gasteiger partial charge in [0.25, 0.3) is 0 Å². The third kappa shape index (κ3) is 6.32. The summed E-state index contributed by atoms with van der Waals surface area (Å²) >= 11 is 10.3. The molecule has 0 amide bonds. The molecule has 0 aliphatic carbocycles. The number of hydrazone groups is 1. The minimum atomic E-state index is 0.269. The van der Waals surface area contributed by atoms with E-state index >= 15 is 0 Å². The molecule has 0 fully saturated rings. The molecule has 0 spiro atoms. The topological polar surface area (TPSA) is 82.6 Å². The van der Waals surface area contributed by atoms with Gasteiger partial charge in [0.1, 0.15) is 5.75 Å². The molecule has 9 heteroatoms. The number of anilines is 1. The lowest BCUT2D eigenvalue weighted by Gasteiger charge is -2.13. The van der Waals surface area contributed by atoms with Gasteiger partial charge in [-0.25, -0.2) is 0 Å². The minimum Gasteiger partial charge on any atom is -0.497 e. The zero-order chi connectivity index (χ0) is 18.1. The maximum atomic E-state index is 5.19. The SMILES string of the molecule is COc1cccc(NC(=S)NNC(=S)N/N=C(\C)c2ccccn2)c1. The molecule has 0 atom stereocenters. The average Bonchev–Trinajstić information content (AvgIpc) is 2.65. The second-order valence-corrected chi connectivity index (χ2v) is 5.61. The van der Waals surface area contributed by atoms with Gasteiger partial charge in [-0.1, -0.05) is 12.1 Å². The van der Waals surface area contributed by atoms with E-state index in [2.05, 4.69) is 31.7 Å². The average molecular weight is 374 g/mol. The van der Waals surface area contributed by atoms with E-state index in [0.29, 0.717) is 10.8 Å². The molecule has 2 rings (SSSR count). The molecule has 0 unspecified atom stereocenters. The fraction of sp³-hybridized carbons (Fsp3) is 0.125. The van der Waals surface area contributed by atoms with E-state index in [1.807, 2.05) is 49.4 Å². The Hall–Kier alpha value is -2.78. The van der Waals surface area contributed by atoms with Crippen LogP contribution in [0, 0.1) is 0 Å². The van der Waals surface area contributed by atoms with Gasteiger partial charge in [-0.15, -0.1) is 0 Å². The van der Waals surface area contributed by atoms with Crippen LogP contribution in [0.1, 0.15) is 12.6 Å². The van der Waals surface area contributed by atoms with Gasteiger partial charge in [0.15, 0.2) is 5.11 Å². The summed E-state index contributed by atoms with van der Waals surface area (Å²) < 4.78 is 5.16. The van der Waals surface area contributed by atoms with Gasteiger partial charge < -0.3 is 10.1 Å². The summed E-state index contributed by atoms with van der Waals surface area (Å²) in [6, 6.07) is 13.0. The molecule has 130 valence electrons. The monoisotopic (exact) mass is 374 g/mol. The van der Waals surface area contributed by atoms with Crippen LogP contribution in [0.25, 0.3) is 0 Å². The Morgan fingerprint density at radius 2 is 1.88 bits per heavy atom. The summed E-state index contributed by atoms with van der Waals surface area (Å²) in [5.41, 5.74) is 10.5. The predicted octanol–water partition coefficient (Wildman–Crippen LogP) is 2.18. The molecule has 2 aromatic rings. The molecule has 4 N–H and O–H groups in total. The Morgan fingerprint density at radius 3 is 2.60 bits per heavy atom. The smallest absolute Gasteiger partial charge is 0.205 e. The number of hydrogen-bond acceptors (Lipinski definition) is 5. The molecule has 0 radical (unpaired) electrons. The second kappa shape index (κ2) is 9.50. The van der Waals surface area contributed by atoms with E-state index in [4.69, 9.17) is 29.2 Å². The van der Waals surface area contributed by atoms with Gasteiger partial charge in [-0.2, -0.15) is 5.10 Å². The normalized spacial score (nSPS) is 10.6. The van der Waals surface area contributed by atoms with Crippen LogP contribution in [0.3, 0.4) is 0 Å². The molecule has 7 nitrogen and oxygen atoms in total. The number of ether oxygens (including phenoxy) is 1. The zero-order valence-electron chi connectivity index (χ0n) is 13.7. The Balaban J connectivity index is 1.78. The van der Waals surface area contributed by atoms with Crippen molar-refractivity contribution in [2.45, 2.75) is 6.92 Å². The van der Waals surface area contributed by atoms with Crippen molar-refractivity contribution in [1.29, 1.82) is 0 Å². The minimum absolute atomic E-state index is 0.269. The first-order valence-corrected chi connectivity index (χ1v) is 8.13. The van der Waals surface area contributed by atoms with Crippen molar-refractivity contribution in [2.75, 3.05) is 12.4 Å². The number of methoxy groups -OCH3 is 1. The highest BCUT2D eigenvalue weighted by Crippen LogP contribution is 2.16. The third-order valence-electron chi connectivity index (χ3n) is 2.98. The van der Waals surface area contributed by atoms with Crippen molar-refractivity contribution < 1.29 is 4.74 Å². The highest BCUT2D eigenvalue weighted by Gasteiger charge is 2.01. The van der Waals surface area contributed by atoms with Crippen molar-refractivity contribution in [2.24, 2.45) is 5.10 Å². The molecular formula is C16H18N6OS2. The quantitative estimate of drug-likeness (QED) is 0.368. The van der Waals surface area contributed by atoms with Crippen molar-refractivity contribution >= 4 is 46.1 Å². The van der Waals surface area contributed by atoms with E-state index in [1.165, 1.54) is 0 Å². The molecule has 1 aromatic heterocycles.